The van der Waals surface area contributed by atoms with Crippen molar-refractivity contribution in [3.63, 3.8) is 0 Å². The first kappa shape index (κ1) is 8.91. The molecule has 0 spiro atoms. The average Bonchev–Trinajstić information content (AvgIpc) is 2.47. The van der Waals surface area contributed by atoms with Crippen LogP contribution in [-0.4, -0.2) is 11.4 Å². The van der Waals surface area contributed by atoms with Crippen molar-refractivity contribution in [3.8, 4) is 5.06 Å². The van der Waals surface area contributed by atoms with Crippen LogP contribution in [-0.2, 0) is 0 Å². The maximum absolute atomic E-state index is 9.36. The minimum Gasteiger partial charge on any atom is -0.499 e. The summed E-state index contributed by atoms with van der Waals surface area (Å²) >= 11 is 3.20. The van der Waals surface area contributed by atoms with Crippen molar-refractivity contribution in [2.24, 2.45) is 0 Å². The normalized spacial score (nSPS) is 10.9. The van der Waals surface area contributed by atoms with Crippen LogP contribution >= 0.6 is 23.1 Å². The summed E-state index contributed by atoms with van der Waals surface area (Å²) in [5, 5.41) is 10.9. The van der Waals surface area contributed by atoms with Crippen molar-refractivity contribution in [2.75, 3.05) is 6.26 Å². The highest BCUT2D eigenvalue weighted by atomic mass is 32.2. The summed E-state index contributed by atoms with van der Waals surface area (Å²) in [7, 11) is 0. The van der Waals surface area contributed by atoms with E-state index < -0.39 is 0 Å². The Kier molecular flexibility index (Phi) is 2.22. The van der Waals surface area contributed by atoms with Crippen LogP contribution in [0.3, 0.4) is 0 Å². The number of thioether (sulfide) groups is 1. The summed E-state index contributed by atoms with van der Waals surface area (Å²) in [4.78, 5) is 1.29. The van der Waals surface area contributed by atoms with Gasteiger partial charge in [-0.05, 0) is 36.3 Å². The van der Waals surface area contributed by atoms with E-state index in [2.05, 4.69) is 25.3 Å². The predicted molar refractivity (Wildman–Crippen MR) is 60.0 cm³/mol. The molecule has 0 amide bonds. The Balaban J connectivity index is 2.78. The quantitative estimate of drug-likeness (QED) is 0.725. The number of hydrogen-bond donors (Lipinski definition) is 1. The van der Waals surface area contributed by atoms with E-state index in [-0.39, 0.29) is 0 Å². The van der Waals surface area contributed by atoms with E-state index in [4.69, 9.17) is 0 Å². The van der Waals surface area contributed by atoms with E-state index in [1.54, 1.807) is 11.8 Å². The average molecular weight is 210 g/mol. The van der Waals surface area contributed by atoms with Gasteiger partial charge < -0.3 is 5.11 Å². The second-order valence-corrected chi connectivity index (χ2v) is 4.77. The number of aryl methyl sites for hydroxylation is 1. The van der Waals surface area contributed by atoms with Gasteiger partial charge in [0.1, 0.15) is 0 Å². The van der Waals surface area contributed by atoms with Crippen molar-refractivity contribution in [1.29, 1.82) is 0 Å². The van der Waals surface area contributed by atoms with Gasteiger partial charge in [0.2, 0.25) is 0 Å². The molecule has 0 unspecified atom stereocenters. The second kappa shape index (κ2) is 3.24. The topological polar surface area (TPSA) is 20.2 Å². The molecule has 1 aromatic carbocycles. The third kappa shape index (κ3) is 1.42. The number of rotatable bonds is 1. The van der Waals surface area contributed by atoms with E-state index in [0.717, 1.165) is 5.39 Å². The zero-order valence-corrected chi connectivity index (χ0v) is 9.13. The first-order valence-electron chi connectivity index (χ1n) is 3.98. The SMILES string of the molecule is CSc1ccc2cc(O)sc2c1C. The summed E-state index contributed by atoms with van der Waals surface area (Å²) < 4.78 is 1.20. The molecule has 3 heteroatoms. The number of hydrogen-bond acceptors (Lipinski definition) is 3. The molecule has 0 fully saturated rings. The Morgan fingerprint density at radius 1 is 1.38 bits per heavy atom. The third-order valence-electron chi connectivity index (χ3n) is 2.09. The van der Waals surface area contributed by atoms with Gasteiger partial charge in [-0.3, -0.25) is 0 Å². The molecule has 13 heavy (non-hydrogen) atoms. The van der Waals surface area contributed by atoms with E-state index in [0.29, 0.717) is 5.06 Å². The molecule has 0 aliphatic heterocycles. The molecule has 0 atom stereocenters. The zero-order valence-electron chi connectivity index (χ0n) is 7.50. The summed E-state index contributed by atoms with van der Waals surface area (Å²) in [6.07, 6.45) is 2.07. The summed E-state index contributed by atoms with van der Waals surface area (Å²) in [6, 6.07) is 5.98. The summed E-state index contributed by atoms with van der Waals surface area (Å²) in [5.74, 6) is 0. The van der Waals surface area contributed by atoms with Crippen molar-refractivity contribution < 1.29 is 5.11 Å². The van der Waals surface area contributed by atoms with E-state index in [1.165, 1.54) is 26.5 Å². The van der Waals surface area contributed by atoms with E-state index in [9.17, 15) is 5.11 Å². The molecule has 0 saturated carbocycles. The maximum Gasteiger partial charge on any atom is 0.172 e. The highest BCUT2D eigenvalue weighted by molar-refractivity contribution is 7.98. The predicted octanol–water partition coefficient (Wildman–Crippen LogP) is 3.64. The van der Waals surface area contributed by atoms with E-state index >= 15 is 0 Å². The minimum absolute atomic E-state index is 0.399. The molecule has 68 valence electrons. The number of thiophene rings is 1. The summed E-state index contributed by atoms with van der Waals surface area (Å²) in [6.45, 7) is 2.10. The molecule has 0 saturated heterocycles. The second-order valence-electron chi connectivity index (χ2n) is 2.90. The first-order chi connectivity index (χ1) is 6.22. The molecule has 1 heterocycles. The number of fused-ring (bicyclic) bond motifs is 1. The standard InChI is InChI=1S/C10H10OS2/c1-6-8(12-2)4-3-7-5-9(11)13-10(6)7/h3-5,11H,1-2H3. The Morgan fingerprint density at radius 3 is 2.85 bits per heavy atom. The first-order valence-corrected chi connectivity index (χ1v) is 6.02. The largest absolute Gasteiger partial charge is 0.499 e. The van der Waals surface area contributed by atoms with Crippen molar-refractivity contribution in [2.45, 2.75) is 11.8 Å². The van der Waals surface area contributed by atoms with Gasteiger partial charge in [0.05, 0.1) is 0 Å². The van der Waals surface area contributed by atoms with Gasteiger partial charge >= 0.3 is 0 Å². The molecule has 1 aromatic heterocycles. The van der Waals surface area contributed by atoms with Crippen LogP contribution in [0.1, 0.15) is 5.56 Å². The molecular formula is C10H10OS2. The molecule has 2 rings (SSSR count). The third-order valence-corrected chi connectivity index (χ3v) is 4.05. The number of aromatic hydroxyl groups is 1. The fourth-order valence-corrected chi connectivity index (χ4v) is 3.01. The van der Waals surface area contributed by atoms with Crippen LogP contribution in [0.15, 0.2) is 23.1 Å². The lowest BCUT2D eigenvalue weighted by Gasteiger charge is -2.01. The van der Waals surface area contributed by atoms with Gasteiger partial charge in [-0.25, -0.2) is 0 Å². The van der Waals surface area contributed by atoms with Gasteiger partial charge in [-0.15, -0.1) is 11.8 Å². The monoisotopic (exact) mass is 210 g/mol. The molecule has 1 N–H and O–H groups in total. The highest BCUT2D eigenvalue weighted by Crippen LogP contribution is 2.36. The smallest absolute Gasteiger partial charge is 0.172 e. The Hall–Kier alpha value is -0.670. The van der Waals surface area contributed by atoms with Crippen LogP contribution in [0.2, 0.25) is 0 Å². The van der Waals surface area contributed by atoms with Gasteiger partial charge in [0.25, 0.3) is 0 Å². The van der Waals surface area contributed by atoms with Gasteiger partial charge in [0, 0.05) is 9.60 Å². The highest BCUT2D eigenvalue weighted by Gasteiger charge is 2.06. The molecule has 2 aromatic rings. The van der Waals surface area contributed by atoms with Gasteiger partial charge in [-0.1, -0.05) is 17.4 Å². The Labute approximate surface area is 85.4 Å². The van der Waals surface area contributed by atoms with Gasteiger partial charge in [-0.2, -0.15) is 0 Å². The van der Waals surface area contributed by atoms with Crippen LogP contribution in [0.25, 0.3) is 10.1 Å². The zero-order chi connectivity index (χ0) is 9.42. The fourth-order valence-electron chi connectivity index (χ4n) is 1.43. The van der Waals surface area contributed by atoms with Crippen molar-refractivity contribution in [1.82, 2.24) is 0 Å². The molecule has 0 bridgehead atoms. The molecule has 0 radical (unpaired) electrons. The molecular weight excluding hydrogens is 200 g/mol. The molecule has 0 aliphatic carbocycles. The Bertz CT molecular complexity index is 445. The minimum atomic E-state index is 0.399. The molecule has 1 nitrogen and oxygen atoms in total. The van der Waals surface area contributed by atoms with Crippen LogP contribution in [0.5, 0.6) is 5.06 Å². The lowest BCUT2D eigenvalue weighted by molar-refractivity contribution is 0.491. The fraction of sp³-hybridized carbons (Fsp3) is 0.200. The van der Waals surface area contributed by atoms with E-state index in [1.807, 2.05) is 6.07 Å². The van der Waals surface area contributed by atoms with Crippen molar-refractivity contribution in [3.05, 3.63) is 23.8 Å². The molecule has 0 aliphatic rings. The summed E-state index contributed by atoms with van der Waals surface area (Å²) in [5.41, 5.74) is 1.27. The van der Waals surface area contributed by atoms with Crippen LogP contribution < -0.4 is 0 Å². The Morgan fingerprint density at radius 2 is 2.15 bits per heavy atom. The maximum atomic E-state index is 9.36. The lowest BCUT2D eigenvalue weighted by atomic mass is 10.2. The van der Waals surface area contributed by atoms with Gasteiger partial charge in [0.15, 0.2) is 5.06 Å². The van der Waals surface area contributed by atoms with Crippen LogP contribution in [0, 0.1) is 6.92 Å². The lowest BCUT2D eigenvalue weighted by Crippen LogP contribution is -1.77. The van der Waals surface area contributed by atoms with Crippen LogP contribution in [0.4, 0.5) is 0 Å². The van der Waals surface area contributed by atoms with Crippen molar-refractivity contribution >= 4 is 33.2 Å². The number of benzene rings is 1.